The van der Waals surface area contributed by atoms with Crippen molar-refractivity contribution in [2.75, 3.05) is 26.2 Å². The number of halogens is 2. The van der Waals surface area contributed by atoms with Gasteiger partial charge in [0, 0.05) is 45.2 Å². The summed E-state index contributed by atoms with van der Waals surface area (Å²) in [6, 6.07) is 10.5. The van der Waals surface area contributed by atoms with Crippen LogP contribution in [0.4, 0.5) is 8.78 Å². The Morgan fingerprint density at radius 3 is 2.50 bits per heavy atom. The SMILES string of the molecule is CCCCCN1CC(C(=O)NC(Cc2cc(F)cc(F)c2)[C@H](O)[C@@H]2NCCN(Cc3ccccc3)C2=O)CC1=O. The van der Waals surface area contributed by atoms with Crippen LogP contribution in [0.25, 0.3) is 0 Å². The molecule has 216 valence electrons. The molecule has 4 atom stereocenters. The first-order valence-electron chi connectivity index (χ1n) is 14.0. The van der Waals surface area contributed by atoms with E-state index in [1.165, 1.54) is 0 Å². The van der Waals surface area contributed by atoms with Crippen LogP contribution in [0.2, 0.25) is 0 Å². The average molecular weight is 557 g/mol. The van der Waals surface area contributed by atoms with Crippen LogP contribution in [0.3, 0.4) is 0 Å². The molecule has 0 aromatic heterocycles. The fraction of sp³-hybridized carbons (Fsp3) is 0.500. The Labute approximate surface area is 233 Å². The Morgan fingerprint density at radius 1 is 1.07 bits per heavy atom. The van der Waals surface area contributed by atoms with Gasteiger partial charge in [-0.3, -0.25) is 14.4 Å². The number of aliphatic hydroxyl groups excluding tert-OH is 1. The highest BCUT2D eigenvalue weighted by molar-refractivity contribution is 5.89. The molecule has 2 heterocycles. The van der Waals surface area contributed by atoms with Crippen molar-refractivity contribution in [1.29, 1.82) is 0 Å². The van der Waals surface area contributed by atoms with Crippen LogP contribution < -0.4 is 10.6 Å². The van der Waals surface area contributed by atoms with Crippen LogP contribution in [0, 0.1) is 17.6 Å². The Morgan fingerprint density at radius 2 is 1.80 bits per heavy atom. The number of rotatable bonds is 12. The maximum Gasteiger partial charge on any atom is 0.242 e. The van der Waals surface area contributed by atoms with Gasteiger partial charge in [0.25, 0.3) is 0 Å². The molecule has 3 amide bonds. The number of hydrogen-bond donors (Lipinski definition) is 3. The molecule has 8 nitrogen and oxygen atoms in total. The van der Waals surface area contributed by atoms with E-state index in [2.05, 4.69) is 17.6 Å². The molecular formula is C30H38F2N4O4. The molecule has 0 spiro atoms. The molecule has 2 aromatic carbocycles. The predicted octanol–water partition coefficient (Wildman–Crippen LogP) is 2.39. The number of carbonyl (C=O) groups excluding carboxylic acids is 3. The number of nitrogens with zero attached hydrogens (tertiary/aromatic N) is 2. The molecule has 4 rings (SSSR count). The minimum atomic E-state index is -1.39. The summed E-state index contributed by atoms with van der Waals surface area (Å²) in [4.78, 5) is 42.5. The fourth-order valence-corrected chi connectivity index (χ4v) is 5.47. The highest BCUT2D eigenvalue weighted by Gasteiger charge is 2.40. The van der Waals surface area contributed by atoms with E-state index in [9.17, 15) is 28.3 Å². The minimum absolute atomic E-state index is 0.0564. The van der Waals surface area contributed by atoms with Gasteiger partial charge >= 0.3 is 0 Å². The molecule has 2 aliphatic rings. The minimum Gasteiger partial charge on any atom is -0.389 e. The monoisotopic (exact) mass is 556 g/mol. The van der Waals surface area contributed by atoms with E-state index in [-0.39, 0.29) is 36.8 Å². The van der Waals surface area contributed by atoms with Crippen LogP contribution in [0.1, 0.15) is 43.7 Å². The lowest BCUT2D eigenvalue weighted by Gasteiger charge is -2.38. The van der Waals surface area contributed by atoms with Gasteiger partial charge in [-0.05, 0) is 36.1 Å². The Balaban J connectivity index is 1.49. The third kappa shape index (κ3) is 7.63. The third-order valence-corrected chi connectivity index (χ3v) is 7.62. The molecule has 2 aromatic rings. The van der Waals surface area contributed by atoms with Crippen molar-refractivity contribution in [1.82, 2.24) is 20.4 Å². The lowest BCUT2D eigenvalue weighted by molar-refractivity contribution is -0.141. The number of carbonyl (C=O) groups is 3. The maximum absolute atomic E-state index is 14.0. The number of amides is 3. The number of piperazine rings is 1. The van der Waals surface area contributed by atoms with Gasteiger partial charge in [-0.1, -0.05) is 50.1 Å². The van der Waals surface area contributed by atoms with Crippen LogP contribution in [0.15, 0.2) is 48.5 Å². The Bertz CT molecular complexity index is 1160. The maximum atomic E-state index is 14.0. The van der Waals surface area contributed by atoms with Crippen molar-refractivity contribution in [2.45, 2.75) is 63.8 Å². The molecule has 2 saturated heterocycles. The highest BCUT2D eigenvalue weighted by atomic mass is 19.1. The topological polar surface area (TPSA) is 102 Å². The number of benzene rings is 2. The molecule has 0 aliphatic carbocycles. The normalized spacial score (nSPS) is 21.0. The number of nitrogens with one attached hydrogen (secondary N) is 2. The number of unbranched alkanes of at least 4 members (excludes halogenated alkanes) is 2. The molecule has 2 fully saturated rings. The van der Waals surface area contributed by atoms with E-state index < -0.39 is 41.6 Å². The molecule has 3 N–H and O–H groups in total. The lowest BCUT2D eigenvalue weighted by atomic mass is 9.93. The van der Waals surface area contributed by atoms with E-state index in [0.29, 0.717) is 26.2 Å². The predicted molar refractivity (Wildman–Crippen MR) is 146 cm³/mol. The van der Waals surface area contributed by atoms with Crippen molar-refractivity contribution in [3.8, 4) is 0 Å². The smallest absolute Gasteiger partial charge is 0.242 e. The van der Waals surface area contributed by atoms with Gasteiger partial charge < -0.3 is 25.5 Å². The summed E-state index contributed by atoms with van der Waals surface area (Å²) in [5, 5.41) is 17.3. The van der Waals surface area contributed by atoms with Crippen LogP contribution in [-0.2, 0) is 27.3 Å². The van der Waals surface area contributed by atoms with Gasteiger partial charge in [-0.15, -0.1) is 0 Å². The van der Waals surface area contributed by atoms with Crippen molar-refractivity contribution >= 4 is 17.7 Å². The molecule has 2 unspecified atom stereocenters. The Hall–Kier alpha value is -3.37. The van der Waals surface area contributed by atoms with Gasteiger partial charge in [0.15, 0.2) is 0 Å². The third-order valence-electron chi connectivity index (χ3n) is 7.62. The van der Waals surface area contributed by atoms with E-state index in [4.69, 9.17) is 0 Å². The number of hydrogen-bond acceptors (Lipinski definition) is 5. The zero-order chi connectivity index (χ0) is 28.6. The largest absolute Gasteiger partial charge is 0.389 e. The average Bonchev–Trinajstić information content (AvgIpc) is 3.30. The van der Waals surface area contributed by atoms with Crippen LogP contribution in [0.5, 0.6) is 0 Å². The second kappa shape index (κ2) is 13.8. The fourth-order valence-electron chi connectivity index (χ4n) is 5.47. The second-order valence-electron chi connectivity index (χ2n) is 10.7. The summed E-state index contributed by atoms with van der Waals surface area (Å²) in [7, 11) is 0. The zero-order valence-electron chi connectivity index (χ0n) is 22.8. The van der Waals surface area contributed by atoms with Crippen molar-refractivity contribution in [3.63, 3.8) is 0 Å². The number of likely N-dealkylation sites (tertiary alicyclic amines) is 1. The summed E-state index contributed by atoms with van der Waals surface area (Å²) in [6.45, 7) is 4.18. The van der Waals surface area contributed by atoms with Crippen LogP contribution in [-0.4, -0.2) is 77.0 Å². The highest BCUT2D eigenvalue weighted by Crippen LogP contribution is 2.21. The molecule has 0 bridgehead atoms. The van der Waals surface area contributed by atoms with E-state index in [0.717, 1.165) is 43.0 Å². The summed E-state index contributed by atoms with van der Waals surface area (Å²) in [5.41, 5.74) is 1.18. The standard InChI is InChI=1S/C30H38F2N4O4/c1-2-3-7-11-35-19-22(16-26(35)37)29(39)34-25(15-21-13-23(31)17-24(32)14-21)28(38)27-30(40)36(12-10-33-27)18-20-8-5-4-6-9-20/h4-6,8-9,13-14,17,22,25,27-28,33,38H,2-3,7,10-12,15-16,18-19H2,1H3,(H,34,39)/t22?,25?,27-,28-/m0/s1. The summed E-state index contributed by atoms with van der Waals surface area (Å²) >= 11 is 0. The van der Waals surface area contributed by atoms with E-state index in [1.54, 1.807) is 9.80 Å². The summed E-state index contributed by atoms with van der Waals surface area (Å²) in [6.07, 6.45) is 1.43. The quantitative estimate of drug-likeness (QED) is 0.349. The van der Waals surface area contributed by atoms with Gasteiger partial charge in [-0.2, -0.15) is 0 Å². The molecule has 0 radical (unpaired) electrons. The molecule has 40 heavy (non-hydrogen) atoms. The van der Waals surface area contributed by atoms with Gasteiger partial charge in [-0.25, -0.2) is 8.78 Å². The van der Waals surface area contributed by atoms with Crippen LogP contribution >= 0.6 is 0 Å². The van der Waals surface area contributed by atoms with Gasteiger partial charge in [0.1, 0.15) is 17.7 Å². The lowest BCUT2D eigenvalue weighted by Crippen LogP contribution is -2.64. The second-order valence-corrected chi connectivity index (χ2v) is 10.7. The first-order valence-corrected chi connectivity index (χ1v) is 14.0. The van der Waals surface area contributed by atoms with Gasteiger partial charge in [0.2, 0.25) is 17.7 Å². The molecular weight excluding hydrogens is 518 g/mol. The summed E-state index contributed by atoms with van der Waals surface area (Å²) in [5.74, 6) is -3.03. The van der Waals surface area contributed by atoms with Gasteiger partial charge in [0.05, 0.1) is 18.1 Å². The number of aliphatic hydroxyl groups is 1. The van der Waals surface area contributed by atoms with Crippen molar-refractivity contribution in [2.24, 2.45) is 5.92 Å². The van der Waals surface area contributed by atoms with E-state index >= 15 is 0 Å². The Kier molecular flexibility index (Phi) is 10.2. The molecule has 10 heteroatoms. The van der Waals surface area contributed by atoms with Crippen molar-refractivity contribution < 1.29 is 28.3 Å². The first kappa shape index (κ1) is 29.6. The van der Waals surface area contributed by atoms with Crippen molar-refractivity contribution in [3.05, 3.63) is 71.3 Å². The first-order chi connectivity index (χ1) is 19.2. The van der Waals surface area contributed by atoms with E-state index in [1.807, 2.05) is 30.3 Å². The molecule has 0 saturated carbocycles. The zero-order valence-corrected chi connectivity index (χ0v) is 22.8. The summed E-state index contributed by atoms with van der Waals surface area (Å²) < 4.78 is 27.9. The molecule has 2 aliphatic heterocycles.